The predicted molar refractivity (Wildman–Crippen MR) is 82.5 cm³/mol. The van der Waals surface area contributed by atoms with E-state index in [9.17, 15) is 14.7 Å². The lowest BCUT2D eigenvalue weighted by Crippen LogP contribution is -2.53. The number of fused-ring (bicyclic) bond motifs is 1. The summed E-state index contributed by atoms with van der Waals surface area (Å²) in [6.45, 7) is 3.71. The van der Waals surface area contributed by atoms with Crippen LogP contribution < -0.4 is 17.0 Å². The zero-order chi connectivity index (χ0) is 17.2. The van der Waals surface area contributed by atoms with Gasteiger partial charge in [-0.25, -0.2) is 4.98 Å². The molecule has 2 rings (SSSR count). The number of anilines is 1. The fourth-order valence-electron chi connectivity index (χ4n) is 2.13. The third kappa shape index (κ3) is 3.32. The van der Waals surface area contributed by atoms with E-state index >= 15 is 0 Å². The highest BCUT2D eigenvalue weighted by Crippen LogP contribution is 2.19. The Morgan fingerprint density at radius 1 is 1.57 bits per heavy atom. The van der Waals surface area contributed by atoms with Crippen molar-refractivity contribution >= 4 is 23.1 Å². The second kappa shape index (κ2) is 6.34. The summed E-state index contributed by atoms with van der Waals surface area (Å²) in [6.07, 6.45) is 1.58. The molecule has 0 aromatic carbocycles. The molecule has 10 nitrogen and oxygen atoms in total. The molecule has 126 valence electrons. The smallest absolute Gasteiger partial charge is 0.324 e. The molecule has 6 N–H and O–H groups in total. The Kier molecular flexibility index (Phi) is 4.66. The van der Waals surface area contributed by atoms with Crippen molar-refractivity contribution in [3.05, 3.63) is 16.7 Å². The van der Waals surface area contributed by atoms with Crippen LogP contribution in [0.1, 0.15) is 20.3 Å². The number of imidazole rings is 1. The second-order valence-corrected chi connectivity index (χ2v) is 5.63. The summed E-state index contributed by atoms with van der Waals surface area (Å²) in [5, 5.41) is 9.23. The zero-order valence-corrected chi connectivity index (χ0v) is 12.9. The number of aromatic amines is 1. The largest absolute Gasteiger partial charge is 0.480 e. The third-order valence-electron chi connectivity index (χ3n) is 3.83. The van der Waals surface area contributed by atoms with Crippen LogP contribution in [0, 0.1) is 5.92 Å². The molecule has 0 aliphatic heterocycles. The summed E-state index contributed by atoms with van der Waals surface area (Å²) in [7, 11) is 0. The van der Waals surface area contributed by atoms with Gasteiger partial charge in [-0.1, -0.05) is 13.8 Å². The van der Waals surface area contributed by atoms with E-state index in [0.717, 1.165) is 0 Å². The Hall–Kier alpha value is -2.46. The molecule has 0 saturated carbocycles. The van der Waals surface area contributed by atoms with Gasteiger partial charge in [0.2, 0.25) is 5.95 Å². The fraction of sp³-hybridized carbons (Fsp3) is 0.538. The number of nitrogens with one attached hydrogen (secondary N) is 1. The van der Waals surface area contributed by atoms with E-state index in [1.807, 2.05) is 0 Å². The Bertz CT molecular complexity index is 767. The van der Waals surface area contributed by atoms with Crippen molar-refractivity contribution in [1.29, 1.82) is 0 Å². The van der Waals surface area contributed by atoms with E-state index in [0.29, 0.717) is 5.65 Å². The van der Waals surface area contributed by atoms with E-state index in [1.165, 1.54) is 6.33 Å². The fourth-order valence-corrected chi connectivity index (χ4v) is 2.13. The molecule has 0 bridgehead atoms. The Morgan fingerprint density at radius 2 is 2.26 bits per heavy atom. The maximum Gasteiger partial charge on any atom is 0.324 e. The number of carbonyl (C=O) groups is 1. The molecule has 2 aromatic heterocycles. The van der Waals surface area contributed by atoms with Gasteiger partial charge in [0.25, 0.3) is 0 Å². The maximum atomic E-state index is 11.6. The van der Waals surface area contributed by atoms with Gasteiger partial charge in [-0.2, -0.15) is 4.98 Å². The molecule has 0 unspecified atom stereocenters. The quantitative estimate of drug-likeness (QED) is 0.495. The van der Waals surface area contributed by atoms with Crippen molar-refractivity contribution in [1.82, 2.24) is 19.5 Å². The van der Waals surface area contributed by atoms with Gasteiger partial charge in [0.1, 0.15) is 17.9 Å². The number of nitrogen functional groups attached to an aromatic ring is 1. The lowest BCUT2D eigenvalue weighted by atomic mass is 9.85. The summed E-state index contributed by atoms with van der Waals surface area (Å²) in [5.41, 5.74) is 10.1. The van der Waals surface area contributed by atoms with Gasteiger partial charge in [-0.15, -0.1) is 0 Å². The summed E-state index contributed by atoms with van der Waals surface area (Å²) in [4.78, 5) is 33.1. The summed E-state index contributed by atoms with van der Waals surface area (Å²) in [6, 6.07) is 0. The molecule has 2 aromatic rings. The molecule has 0 spiro atoms. The second-order valence-electron chi connectivity index (χ2n) is 5.63. The van der Waals surface area contributed by atoms with Crippen molar-refractivity contribution in [2.75, 3.05) is 12.3 Å². The van der Waals surface area contributed by atoms with Crippen molar-refractivity contribution in [3.8, 4) is 0 Å². The van der Waals surface area contributed by atoms with Crippen LogP contribution in [0.5, 0.6) is 0 Å². The average Bonchev–Trinajstić information content (AvgIpc) is 2.86. The van der Waals surface area contributed by atoms with Crippen LogP contribution in [0.3, 0.4) is 0 Å². The molecule has 23 heavy (non-hydrogen) atoms. The topological polar surface area (TPSA) is 162 Å². The highest BCUT2D eigenvalue weighted by Gasteiger charge is 2.37. The first kappa shape index (κ1) is 16.9. The standard InChI is InChI=1S/C13H20N6O4/c1-7(2)13(15,11(21)22)3-4-23-6-19-5-16-8-9(19)17-12(14)18-10(8)20/h5,7H,3-4,6,15H2,1-2H3,(H,21,22)(H3,14,17,18,20)/t13-/m0/s1. The molecule has 0 amide bonds. The van der Waals surface area contributed by atoms with Gasteiger partial charge in [-0.05, 0) is 12.3 Å². The first-order chi connectivity index (χ1) is 10.8. The third-order valence-corrected chi connectivity index (χ3v) is 3.83. The van der Waals surface area contributed by atoms with Gasteiger partial charge in [-0.3, -0.25) is 14.2 Å². The number of nitrogens with two attached hydrogens (primary N) is 2. The number of nitrogens with zero attached hydrogens (tertiary/aromatic N) is 3. The first-order valence-corrected chi connectivity index (χ1v) is 7.06. The molecule has 0 fully saturated rings. The molecule has 1 atom stereocenters. The van der Waals surface area contributed by atoms with E-state index < -0.39 is 17.1 Å². The summed E-state index contributed by atoms with van der Waals surface area (Å²) < 4.78 is 7.00. The van der Waals surface area contributed by atoms with Crippen molar-refractivity contribution in [2.24, 2.45) is 11.7 Å². The Morgan fingerprint density at radius 3 is 2.87 bits per heavy atom. The minimum atomic E-state index is -1.35. The highest BCUT2D eigenvalue weighted by atomic mass is 16.5. The number of carboxylic acids is 1. The van der Waals surface area contributed by atoms with Crippen LogP contribution in [0.4, 0.5) is 5.95 Å². The van der Waals surface area contributed by atoms with Gasteiger partial charge in [0, 0.05) is 0 Å². The number of aromatic nitrogens is 4. The van der Waals surface area contributed by atoms with Crippen LogP contribution in [-0.4, -0.2) is 42.7 Å². The molecule has 0 aliphatic carbocycles. The molecular weight excluding hydrogens is 304 g/mol. The van der Waals surface area contributed by atoms with Crippen LogP contribution in [0.2, 0.25) is 0 Å². The Balaban J connectivity index is 2.03. The average molecular weight is 324 g/mol. The van der Waals surface area contributed by atoms with E-state index in [1.54, 1.807) is 18.4 Å². The van der Waals surface area contributed by atoms with Crippen molar-refractivity contribution < 1.29 is 14.6 Å². The minimum Gasteiger partial charge on any atom is -0.480 e. The molecule has 10 heteroatoms. The van der Waals surface area contributed by atoms with Crippen LogP contribution in [0.25, 0.3) is 11.2 Å². The van der Waals surface area contributed by atoms with E-state index in [-0.39, 0.29) is 37.1 Å². The number of hydrogen-bond donors (Lipinski definition) is 4. The predicted octanol–water partition coefficient (Wildman–Crippen LogP) is -0.496. The van der Waals surface area contributed by atoms with Crippen molar-refractivity contribution in [2.45, 2.75) is 32.5 Å². The summed E-state index contributed by atoms with van der Waals surface area (Å²) in [5.74, 6) is -1.32. The van der Waals surface area contributed by atoms with E-state index in [4.69, 9.17) is 16.2 Å². The van der Waals surface area contributed by atoms with Crippen molar-refractivity contribution in [3.63, 3.8) is 0 Å². The van der Waals surface area contributed by atoms with E-state index in [2.05, 4.69) is 15.0 Å². The molecule has 0 aliphatic rings. The zero-order valence-electron chi connectivity index (χ0n) is 12.9. The van der Waals surface area contributed by atoms with Gasteiger partial charge in [0.05, 0.1) is 12.9 Å². The Labute approximate surface area is 131 Å². The number of ether oxygens (including phenoxy) is 1. The highest BCUT2D eigenvalue weighted by molar-refractivity contribution is 5.78. The van der Waals surface area contributed by atoms with Crippen LogP contribution in [0.15, 0.2) is 11.1 Å². The lowest BCUT2D eigenvalue weighted by Gasteiger charge is -2.28. The SMILES string of the molecule is CC(C)[C@@](N)(CCOCn1cnc2c(=O)nc(N)[nH]c21)C(=O)O. The lowest BCUT2D eigenvalue weighted by molar-refractivity contribution is -0.146. The molecule has 0 radical (unpaired) electrons. The number of H-pyrrole nitrogens is 1. The van der Waals surface area contributed by atoms with Gasteiger partial charge < -0.3 is 26.3 Å². The maximum absolute atomic E-state index is 11.6. The van der Waals surface area contributed by atoms with Gasteiger partial charge >= 0.3 is 11.5 Å². The number of aliphatic carboxylic acids is 1. The molecular formula is C13H20N6O4. The number of rotatable bonds is 7. The monoisotopic (exact) mass is 324 g/mol. The number of hydrogen-bond acceptors (Lipinski definition) is 7. The number of carboxylic acid groups (broad SMARTS) is 1. The molecule has 2 heterocycles. The summed E-state index contributed by atoms with van der Waals surface area (Å²) >= 11 is 0. The first-order valence-electron chi connectivity index (χ1n) is 7.06. The van der Waals surface area contributed by atoms with Crippen LogP contribution in [-0.2, 0) is 16.3 Å². The van der Waals surface area contributed by atoms with Crippen LogP contribution >= 0.6 is 0 Å². The minimum absolute atomic E-state index is 0.0177. The van der Waals surface area contributed by atoms with Gasteiger partial charge in [0.15, 0.2) is 5.52 Å². The molecule has 0 saturated heterocycles. The normalized spacial score (nSPS) is 14.3.